The van der Waals surface area contributed by atoms with E-state index in [4.69, 9.17) is 14.7 Å². The number of phenols is 1. The molecule has 0 atom stereocenters. The van der Waals surface area contributed by atoms with Crippen LogP contribution < -0.4 is 9.47 Å². The molecule has 0 bridgehead atoms. The minimum atomic E-state index is -0.0432. The van der Waals surface area contributed by atoms with Crippen molar-refractivity contribution in [1.29, 1.82) is 5.26 Å². The lowest BCUT2D eigenvalue weighted by Gasteiger charge is -2.09. The van der Waals surface area contributed by atoms with Crippen LogP contribution in [0.1, 0.15) is 5.56 Å². The van der Waals surface area contributed by atoms with Gasteiger partial charge in [-0.05, 0) is 12.1 Å². The zero-order valence-corrected chi connectivity index (χ0v) is 7.37. The molecule has 0 unspecified atom stereocenters. The zero-order chi connectivity index (χ0) is 9.84. The van der Waals surface area contributed by atoms with E-state index in [1.165, 1.54) is 26.4 Å². The fourth-order valence-corrected chi connectivity index (χ4v) is 1.04. The summed E-state index contributed by atoms with van der Waals surface area (Å²) in [5.41, 5.74) is 0.331. The first-order valence-corrected chi connectivity index (χ1v) is 3.58. The molecule has 1 aromatic carbocycles. The van der Waals surface area contributed by atoms with Gasteiger partial charge in [-0.15, -0.1) is 0 Å². The van der Waals surface area contributed by atoms with E-state index >= 15 is 0 Å². The normalized spacial score (nSPS) is 9.00. The smallest absolute Gasteiger partial charge is 0.204 e. The van der Waals surface area contributed by atoms with Crippen LogP contribution in [0.5, 0.6) is 17.2 Å². The van der Waals surface area contributed by atoms with Crippen molar-refractivity contribution in [1.82, 2.24) is 0 Å². The maximum Gasteiger partial charge on any atom is 0.204 e. The van der Waals surface area contributed by atoms with E-state index in [1.54, 1.807) is 0 Å². The van der Waals surface area contributed by atoms with Crippen LogP contribution in [0.2, 0.25) is 0 Å². The Balaban J connectivity index is 3.38. The summed E-state index contributed by atoms with van der Waals surface area (Å²) in [5, 5.41) is 18.0. The van der Waals surface area contributed by atoms with Crippen molar-refractivity contribution in [3.8, 4) is 23.3 Å². The second kappa shape index (κ2) is 3.68. The minimum absolute atomic E-state index is 0.0432. The molecule has 1 N–H and O–H groups in total. The van der Waals surface area contributed by atoms with Crippen molar-refractivity contribution in [3.05, 3.63) is 17.7 Å². The Kier molecular flexibility index (Phi) is 2.60. The predicted molar refractivity (Wildman–Crippen MR) is 45.9 cm³/mol. The molecule has 4 nitrogen and oxygen atoms in total. The molecule has 0 aromatic heterocycles. The van der Waals surface area contributed by atoms with Crippen molar-refractivity contribution in [2.45, 2.75) is 0 Å². The van der Waals surface area contributed by atoms with Crippen molar-refractivity contribution < 1.29 is 14.6 Å². The molecule has 0 aliphatic heterocycles. The summed E-state index contributed by atoms with van der Waals surface area (Å²) in [6, 6.07) is 4.79. The molecule has 0 spiro atoms. The molecule has 0 fully saturated rings. The van der Waals surface area contributed by atoms with Crippen LogP contribution in [0.25, 0.3) is 0 Å². The summed E-state index contributed by atoms with van der Waals surface area (Å²) in [6.45, 7) is 0. The fourth-order valence-electron chi connectivity index (χ4n) is 1.04. The molecule has 0 amide bonds. The molecular formula is C9H9NO3. The third kappa shape index (κ3) is 1.49. The Labute approximate surface area is 75.9 Å². The highest BCUT2D eigenvalue weighted by molar-refractivity contribution is 5.58. The van der Waals surface area contributed by atoms with E-state index in [9.17, 15) is 5.11 Å². The Hall–Kier alpha value is -1.89. The van der Waals surface area contributed by atoms with Crippen LogP contribution in [0.3, 0.4) is 0 Å². The van der Waals surface area contributed by atoms with E-state index in [0.717, 1.165) is 0 Å². The highest BCUT2D eigenvalue weighted by atomic mass is 16.5. The summed E-state index contributed by atoms with van der Waals surface area (Å²) in [4.78, 5) is 0. The van der Waals surface area contributed by atoms with Gasteiger partial charge in [0.25, 0.3) is 0 Å². The lowest BCUT2D eigenvalue weighted by atomic mass is 10.2. The maximum absolute atomic E-state index is 9.33. The number of rotatable bonds is 2. The first-order chi connectivity index (χ1) is 6.24. The monoisotopic (exact) mass is 179 g/mol. The van der Waals surface area contributed by atoms with Gasteiger partial charge in [-0.25, -0.2) is 0 Å². The predicted octanol–water partition coefficient (Wildman–Crippen LogP) is 1.28. The van der Waals surface area contributed by atoms with Crippen molar-refractivity contribution >= 4 is 0 Å². The van der Waals surface area contributed by atoms with E-state index < -0.39 is 0 Å². The average molecular weight is 179 g/mol. The van der Waals surface area contributed by atoms with Gasteiger partial charge in [0.15, 0.2) is 11.5 Å². The molecule has 0 radical (unpaired) electrons. The number of benzene rings is 1. The van der Waals surface area contributed by atoms with Gasteiger partial charge >= 0.3 is 0 Å². The maximum atomic E-state index is 9.33. The Morgan fingerprint density at radius 3 is 2.31 bits per heavy atom. The first kappa shape index (κ1) is 9.20. The molecule has 1 aromatic rings. The van der Waals surface area contributed by atoms with Crippen molar-refractivity contribution in [3.63, 3.8) is 0 Å². The van der Waals surface area contributed by atoms with Crippen molar-refractivity contribution in [2.24, 2.45) is 0 Å². The number of phenolic OH excluding ortho intramolecular Hbond substituents is 1. The van der Waals surface area contributed by atoms with Gasteiger partial charge in [0.1, 0.15) is 6.07 Å². The van der Waals surface area contributed by atoms with E-state index in [-0.39, 0.29) is 17.2 Å². The SMILES string of the molecule is COc1c(O)ccc(C#N)c1OC. The van der Waals surface area contributed by atoms with E-state index in [1.807, 2.05) is 6.07 Å². The summed E-state index contributed by atoms with van der Waals surface area (Å²) >= 11 is 0. The highest BCUT2D eigenvalue weighted by Gasteiger charge is 2.13. The van der Waals surface area contributed by atoms with Crippen LogP contribution in [0.4, 0.5) is 0 Å². The van der Waals surface area contributed by atoms with Crippen LogP contribution >= 0.6 is 0 Å². The van der Waals surface area contributed by atoms with E-state index in [2.05, 4.69) is 0 Å². The standard InChI is InChI=1S/C9H9NO3/c1-12-8-6(5-10)3-4-7(11)9(8)13-2/h3-4,11H,1-2H3. The van der Waals surface area contributed by atoms with Gasteiger partial charge in [0, 0.05) is 0 Å². The quantitative estimate of drug-likeness (QED) is 0.742. The molecule has 0 aliphatic rings. The first-order valence-electron chi connectivity index (χ1n) is 3.58. The largest absolute Gasteiger partial charge is 0.504 e. The lowest BCUT2D eigenvalue weighted by Crippen LogP contribution is -1.93. The Morgan fingerprint density at radius 2 is 1.85 bits per heavy atom. The van der Waals surface area contributed by atoms with Crippen molar-refractivity contribution in [2.75, 3.05) is 14.2 Å². The van der Waals surface area contributed by atoms with Gasteiger partial charge in [-0.1, -0.05) is 0 Å². The fraction of sp³-hybridized carbons (Fsp3) is 0.222. The van der Waals surface area contributed by atoms with E-state index in [0.29, 0.717) is 5.56 Å². The summed E-state index contributed by atoms with van der Waals surface area (Å²) in [5.74, 6) is 0.393. The number of methoxy groups -OCH3 is 2. The molecule has 68 valence electrons. The second-order valence-corrected chi connectivity index (χ2v) is 2.31. The molecule has 0 aliphatic carbocycles. The number of hydrogen-bond donors (Lipinski definition) is 1. The molecule has 0 saturated heterocycles. The Bertz CT molecular complexity index is 355. The number of aromatic hydroxyl groups is 1. The lowest BCUT2D eigenvalue weighted by molar-refractivity contribution is 0.332. The summed E-state index contributed by atoms with van der Waals surface area (Å²) in [6.07, 6.45) is 0. The third-order valence-corrected chi connectivity index (χ3v) is 1.62. The molecule has 0 saturated carbocycles. The van der Waals surface area contributed by atoms with Crippen LogP contribution in [0, 0.1) is 11.3 Å². The number of hydrogen-bond acceptors (Lipinski definition) is 4. The third-order valence-electron chi connectivity index (χ3n) is 1.62. The topological polar surface area (TPSA) is 62.5 Å². The van der Waals surface area contributed by atoms with Gasteiger partial charge in [-0.2, -0.15) is 5.26 Å². The summed E-state index contributed by atoms with van der Waals surface area (Å²) in [7, 11) is 2.82. The van der Waals surface area contributed by atoms with Gasteiger partial charge in [-0.3, -0.25) is 0 Å². The Morgan fingerprint density at radius 1 is 1.23 bits per heavy atom. The summed E-state index contributed by atoms with van der Waals surface area (Å²) < 4.78 is 9.81. The van der Waals surface area contributed by atoms with Crippen LogP contribution in [0.15, 0.2) is 12.1 Å². The van der Waals surface area contributed by atoms with Gasteiger partial charge < -0.3 is 14.6 Å². The number of nitriles is 1. The van der Waals surface area contributed by atoms with Gasteiger partial charge in [0.05, 0.1) is 19.8 Å². The molecule has 0 heterocycles. The number of ether oxygens (including phenoxy) is 2. The highest BCUT2D eigenvalue weighted by Crippen LogP contribution is 2.38. The second-order valence-electron chi connectivity index (χ2n) is 2.31. The average Bonchev–Trinajstić information content (AvgIpc) is 2.17. The van der Waals surface area contributed by atoms with Crippen LogP contribution in [-0.2, 0) is 0 Å². The minimum Gasteiger partial charge on any atom is -0.504 e. The molecular weight excluding hydrogens is 170 g/mol. The van der Waals surface area contributed by atoms with Gasteiger partial charge in [0.2, 0.25) is 5.75 Å². The zero-order valence-electron chi connectivity index (χ0n) is 7.37. The molecule has 13 heavy (non-hydrogen) atoms. The molecule has 1 rings (SSSR count). The van der Waals surface area contributed by atoms with Crippen LogP contribution in [-0.4, -0.2) is 19.3 Å². The number of nitrogens with zero attached hydrogens (tertiary/aromatic N) is 1. The molecule has 4 heteroatoms.